The van der Waals surface area contributed by atoms with Crippen LogP contribution in [0.25, 0.3) is 0 Å². The highest BCUT2D eigenvalue weighted by Gasteiger charge is 2.56. The Hall–Kier alpha value is 1.15. The van der Waals surface area contributed by atoms with Crippen LogP contribution in [0.4, 0.5) is 22.0 Å². The van der Waals surface area contributed by atoms with Crippen molar-refractivity contribution in [1.82, 2.24) is 0 Å². The van der Waals surface area contributed by atoms with Gasteiger partial charge in [-0.2, -0.15) is 13.2 Å². The van der Waals surface area contributed by atoms with E-state index in [2.05, 4.69) is 0 Å². The molecule has 0 aliphatic heterocycles. The second-order valence-electron chi connectivity index (χ2n) is 1.34. The number of alkyl halides is 5. The van der Waals surface area contributed by atoms with Crippen LogP contribution in [0.1, 0.15) is 0 Å². The minimum atomic E-state index is -5.33. The quantitative estimate of drug-likeness (QED) is 0.389. The average molecular weight is 270 g/mol. The first kappa shape index (κ1) is 10.1. The molecule has 0 N–H and O–H groups in total. The molecule has 0 bridgehead atoms. The van der Waals surface area contributed by atoms with Crippen LogP contribution < -0.4 is 0 Å². The van der Waals surface area contributed by atoms with Crippen molar-refractivity contribution in [3.63, 3.8) is 0 Å². The summed E-state index contributed by atoms with van der Waals surface area (Å²) in [5.41, 5.74) is 0. The third-order valence-electron chi connectivity index (χ3n) is 0.583. The summed E-state index contributed by atoms with van der Waals surface area (Å²) in [6, 6.07) is 0. The van der Waals surface area contributed by atoms with Crippen molar-refractivity contribution in [3.05, 3.63) is 0 Å². The summed E-state index contributed by atoms with van der Waals surface area (Å²) in [7, 11) is 0. The normalized spacial score (nSPS) is 13.1. The second kappa shape index (κ2) is 3.03. The lowest BCUT2D eigenvalue weighted by Crippen LogP contribution is -2.39. The summed E-state index contributed by atoms with van der Waals surface area (Å²) in [5.74, 6) is 0. The lowest BCUT2D eigenvalue weighted by atomic mass is 10.7. The zero-order chi connectivity index (χ0) is 7.71. The third kappa shape index (κ3) is 2.70. The van der Waals surface area contributed by atoms with Gasteiger partial charge in [-0.05, 0) is 0 Å². The maximum absolute atomic E-state index is 11.6. The van der Waals surface area contributed by atoms with Crippen molar-refractivity contribution in [3.8, 4) is 0 Å². The monoisotopic (exact) mass is 270 g/mol. The van der Waals surface area contributed by atoms with Gasteiger partial charge in [-0.15, -0.1) is 0 Å². The molecule has 0 saturated carbocycles. The zero-order valence-electron chi connectivity index (χ0n) is 3.97. The van der Waals surface area contributed by atoms with Crippen LogP contribution in [0.15, 0.2) is 0 Å². The van der Waals surface area contributed by atoms with E-state index < -0.39 is 26.7 Å². The summed E-state index contributed by atoms with van der Waals surface area (Å²) >= 11 is -1.23. The number of hydrogen-bond donors (Lipinski definition) is 0. The summed E-state index contributed by atoms with van der Waals surface area (Å²) in [4.78, 5) is 0. The van der Waals surface area contributed by atoms with E-state index in [1.165, 1.54) is 0 Å². The second-order valence-corrected chi connectivity index (χ2v) is 4.78. The van der Waals surface area contributed by atoms with Crippen molar-refractivity contribution < 1.29 is 22.0 Å². The average Bonchev–Trinajstić information content (AvgIpc) is 1.64. The number of halogens is 6. The fraction of sp³-hybridized carbons (Fsp3) is 1.00. The first-order chi connectivity index (χ1) is 3.81. The fourth-order valence-corrected chi connectivity index (χ4v) is 1.52. The van der Waals surface area contributed by atoms with Gasteiger partial charge >= 0.3 is 22.7 Å². The van der Waals surface area contributed by atoms with E-state index in [-0.39, 0.29) is 0 Å². The summed E-state index contributed by atoms with van der Waals surface area (Å²) < 4.78 is 52.1. The van der Waals surface area contributed by atoms with E-state index in [1.54, 1.807) is 0 Å². The SMILES string of the molecule is FC(F)(F)[C](F)(F)[Mg][I]. The van der Waals surface area contributed by atoms with Gasteiger partial charge < -0.3 is 0 Å². The molecule has 7 heteroatoms. The molecular weight excluding hydrogens is 270 g/mol. The van der Waals surface area contributed by atoms with Crippen LogP contribution in [0.5, 0.6) is 0 Å². The lowest BCUT2D eigenvalue weighted by molar-refractivity contribution is -0.242. The minimum Gasteiger partial charge on any atom is -0.287 e. The molecule has 52 valence electrons. The Balaban J connectivity index is 4.14. The molecule has 0 fully saturated rings. The third-order valence-corrected chi connectivity index (χ3v) is 4.19. The topological polar surface area (TPSA) is 0 Å². The molecule has 0 atom stereocenters. The molecule has 0 spiro atoms. The summed E-state index contributed by atoms with van der Waals surface area (Å²) in [5, 5.41) is 0. The van der Waals surface area contributed by atoms with Gasteiger partial charge in [-0.25, -0.2) is 8.78 Å². The van der Waals surface area contributed by atoms with E-state index in [0.717, 1.165) is 18.9 Å². The maximum atomic E-state index is 11.6. The fourth-order valence-electron chi connectivity index (χ4n) is 0.0758. The Bertz CT molecular complexity index is 97.6. The first-order valence-corrected chi connectivity index (χ1v) is 7.63. The van der Waals surface area contributed by atoms with Gasteiger partial charge in [0.1, 0.15) is 0 Å². The van der Waals surface area contributed by atoms with Gasteiger partial charge in [-0.3, -0.25) is 18.9 Å². The Morgan fingerprint density at radius 3 is 1.33 bits per heavy atom. The molecule has 0 aliphatic rings. The molecule has 0 aliphatic carbocycles. The van der Waals surface area contributed by atoms with Crippen LogP contribution >= 0.6 is 18.9 Å². The van der Waals surface area contributed by atoms with Crippen LogP contribution in [-0.4, -0.2) is 26.7 Å². The van der Waals surface area contributed by atoms with Crippen molar-refractivity contribution in [1.29, 1.82) is 0 Å². The summed E-state index contributed by atoms with van der Waals surface area (Å²) in [6.07, 6.45) is -5.33. The molecule has 0 heterocycles. The summed E-state index contributed by atoms with van der Waals surface area (Å²) in [6.45, 7) is 0. The molecule has 0 unspecified atom stereocenters. The van der Waals surface area contributed by atoms with Gasteiger partial charge in [0, 0.05) is 0 Å². The standard InChI is InChI=1S/C2F5.HI.Mg/c3-1(4)2(5,6)7;;/h;1H;/q;;+1/p-1. The molecule has 0 aromatic carbocycles. The van der Waals surface area contributed by atoms with Crippen LogP contribution in [-0.2, 0) is 0 Å². The highest BCUT2D eigenvalue weighted by Crippen LogP contribution is 2.35. The molecule has 0 nitrogen and oxygen atoms in total. The molecule has 9 heavy (non-hydrogen) atoms. The molecule has 0 saturated heterocycles. The molecule has 0 amide bonds. The molecular formula is C2F5IMg. The Morgan fingerprint density at radius 2 is 1.33 bits per heavy atom. The molecule has 0 aromatic heterocycles. The predicted octanol–water partition coefficient (Wildman–Crippen LogP) is 2.20. The first-order valence-electron chi connectivity index (χ1n) is 1.82. The predicted molar refractivity (Wildman–Crippen MR) is 30.8 cm³/mol. The highest BCUT2D eigenvalue weighted by atomic mass is 127. The van der Waals surface area contributed by atoms with Crippen molar-refractivity contribution in [2.75, 3.05) is 0 Å². The van der Waals surface area contributed by atoms with Crippen molar-refractivity contribution in [2.45, 2.75) is 10.2 Å². The minimum absolute atomic E-state index is 1.12. The largest absolute Gasteiger partial charge is 0.585 e. The van der Waals surface area contributed by atoms with Crippen molar-refractivity contribution >= 4 is 35.3 Å². The van der Waals surface area contributed by atoms with Crippen LogP contribution in [0, 0.1) is 0 Å². The van der Waals surface area contributed by atoms with Crippen LogP contribution in [0.3, 0.4) is 0 Å². The van der Waals surface area contributed by atoms with E-state index >= 15 is 0 Å². The van der Waals surface area contributed by atoms with E-state index in [0.29, 0.717) is 0 Å². The Morgan fingerprint density at radius 1 is 1.00 bits per heavy atom. The van der Waals surface area contributed by atoms with Gasteiger partial charge in [0.05, 0.1) is 0 Å². The van der Waals surface area contributed by atoms with Crippen molar-refractivity contribution in [2.24, 2.45) is 0 Å². The van der Waals surface area contributed by atoms with E-state index in [4.69, 9.17) is 0 Å². The number of rotatable bonds is 1. The Kier molecular flexibility index (Phi) is 3.42. The van der Waals surface area contributed by atoms with E-state index in [9.17, 15) is 22.0 Å². The molecule has 0 aromatic rings. The zero-order valence-corrected chi connectivity index (χ0v) is 7.55. The molecule has 0 rings (SSSR count). The molecule has 0 radical (unpaired) electrons. The maximum Gasteiger partial charge on any atom is 0.585 e. The lowest BCUT2D eigenvalue weighted by Gasteiger charge is -2.16. The number of hydrogen-bond acceptors (Lipinski definition) is 0. The van der Waals surface area contributed by atoms with Gasteiger partial charge in [0.15, 0.2) is 0 Å². The van der Waals surface area contributed by atoms with E-state index in [1.807, 2.05) is 0 Å². The Labute approximate surface area is 67.3 Å². The highest BCUT2D eigenvalue weighted by molar-refractivity contribution is 14.1. The van der Waals surface area contributed by atoms with Crippen LogP contribution in [0.2, 0.25) is 0 Å². The smallest absolute Gasteiger partial charge is 0.287 e. The van der Waals surface area contributed by atoms with Gasteiger partial charge in [0.2, 0.25) is 4.05 Å². The van der Waals surface area contributed by atoms with Gasteiger partial charge in [-0.1, -0.05) is 0 Å². The van der Waals surface area contributed by atoms with Gasteiger partial charge in [0.25, 0.3) is 0 Å².